The number of aryl methyl sites for hydroxylation is 1. The van der Waals surface area contributed by atoms with Gasteiger partial charge in [0.25, 0.3) is 0 Å². The number of ether oxygens (including phenoxy) is 1. The third-order valence-electron chi connectivity index (χ3n) is 4.02. The van der Waals surface area contributed by atoms with Crippen LogP contribution in [0.2, 0.25) is 0 Å². The molecule has 0 bridgehead atoms. The normalized spacial score (nSPS) is 18.5. The maximum Gasteiger partial charge on any atom is 0.243 e. The van der Waals surface area contributed by atoms with E-state index in [2.05, 4.69) is 10.2 Å². The molecular formula is C17H18N4O3S. The van der Waals surface area contributed by atoms with E-state index in [-0.39, 0.29) is 17.5 Å². The van der Waals surface area contributed by atoms with Crippen LogP contribution in [0.15, 0.2) is 41.3 Å². The summed E-state index contributed by atoms with van der Waals surface area (Å²) in [5.74, 6) is 0.397. The first kappa shape index (κ1) is 17.3. The van der Waals surface area contributed by atoms with E-state index in [0.717, 1.165) is 12.1 Å². The molecule has 1 saturated heterocycles. The fraction of sp³-hybridized carbons (Fsp3) is 0.353. The minimum absolute atomic E-state index is 0.183. The molecule has 1 fully saturated rings. The van der Waals surface area contributed by atoms with Crippen LogP contribution in [-0.2, 0) is 10.0 Å². The van der Waals surface area contributed by atoms with Crippen LogP contribution in [0.5, 0.6) is 5.88 Å². The summed E-state index contributed by atoms with van der Waals surface area (Å²) in [6.45, 7) is 2.54. The molecule has 0 saturated carbocycles. The molecule has 7 nitrogen and oxygen atoms in total. The Morgan fingerprint density at radius 2 is 1.96 bits per heavy atom. The summed E-state index contributed by atoms with van der Waals surface area (Å²) < 4.78 is 32.8. The van der Waals surface area contributed by atoms with E-state index in [1.807, 2.05) is 13.0 Å². The lowest BCUT2D eigenvalue weighted by molar-refractivity contribution is 0.123. The average Bonchev–Trinajstić information content (AvgIpc) is 2.64. The van der Waals surface area contributed by atoms with E-state index < -0.39 is 10.0 Å². The zero-order chi connectivity index (χ0) is 17.9. The first-order valence-corrected chi connectivity index (χ1v) is 9.40. The highest BCUT2D eigenvalue weighted by atomic mass is 32.2. The van der Waals surface area contributed by atoms with Crippen LogP contribution in [-0.4, -0.2) is 42.1 Å². The van der Waals surface area contributed by atoms with Gasteiger partial charge in [0.05, 0.1) is 28.8 Å². The van der Waals surface area contributed by atoms with Crippen LogP contribution in [0.25, 0.3) is 0 Å². The van der Waals surface area contributed by atoms with Crippen molar-refractivity contribution in [3.63, 3.8) is 0 Å². The highest BCUT2D eigenvalue weighted by molar-refractivity contribution is 7.89. The van der Waals surface area contributed by atoms with Gasteiger partial charge in [0.2, 0.25) is 15.9 Å². The Morgan fingerprint density at radius 1 is 1.20 bits per heavy atom. The summed E-state index contributed by atoms with van der Waals surface area (Å²) >= 11 is 0. The molecule has 0 N–H and O–H groups in total. The van der Waals surface area contributed by atoms with Gasteiger partial charge in [0.1, 0.15) is 6.10 Å². The molecule has 8 heteroatoms. The van der Waals surface area contributed by atoms with E-state index in [4.69, 9.17) is 10.00 Å². The Bertz CT molecular complexity index is 874. The highest BCUT2D eigenvalue weighted by Crippen LogP contribution is 2.23. The Balaban J connectivity index is 1.73. The predicted octanol–water partition coefficient (Wildman–Crippen LogP) is 1.89. The Kier molecular flexibility index (Phi) is 4.97. The van der Waals surface area contributed by atoms with Gasteiger partial charge in [0, 0.05) is 12.6 Å². The molecule has 3 rings (SSSR count). The summed E-state index contributed by atoms with van der Waals surface area (Å²) in [5, 5.41) is 16.7. The SMILES string of the molecule is Cc1ccc(O[C@H]2CCCN(S(=O)(=O)c3ccc(C#N)cc3)C2)nn1. The minimum Gasteiger partial charge on any atom is -0.472 e. The molecule has 1 aromatic heterocycles. The Hall–Kier alpha value is -2.50. The van der Waals surface area contributed by atoms with Crippen molar-refractivity contribution in [2.45, 2.75) is 30.8 Å². The number of nitriles is 1. The molecule has 1 atom stereocenters. The van der Waals surface area contributed by atoms with Gasteiger partial charge >= 0.3 is 0 Å². The van der Waals surface area contributed by atoms with Crippen molar-refractivity contribution in [3.05, 3.63) is 47.7 Å². The number of piperidine rings is 1. The van der Waals surface area contributed by atoms with Crippen molar-refractivity contribution in [3.8, 4) is 11.9 Å². The van der Waals surface area contributed by atoms with E-state index in [9.17, 15) is 8.42 Å². The van der Waals surface area contributed by atoms with Gasteiger partial charge in [-0.1, -0.05) is 0 Å². The second kappa shape index (κ2) is 7.17. The molecule has 0 unspecified atom stereocenters. The van der Waals surface area contributed by atoms with Gasteiger partial charge in [-0.25, -0.2) is 8.42 Å². The van der Waals surface area contributed by atoms with Crippen molar-refractivity contribution in [1.82, 2.24) is 14.5 Å². The van der Waals surface area contributed by atoms with Crippen LogP contribution in [0, 0.1) is 18.3 Å². The van der Waals surface area contributed by atoms with Gasteiger partial charge in [-0.05, 0) is 50.1 Å². The van der Waals surface area contributed by atoms with Gasteiger partial charge in [-0.3, -0.25) is 0 Å². The topological polar surface area (TPSA) is 96.2 Å². The summed E-state index contributed by atoms with van der Waals surface area (Å²) in [6, 6.07) is 11.5. The number of rotatable bonds is 4. The standard InChI is InChI=1S/C17H18N4O3S/c1-13-4-9-17(20-19-13)24-15-3-2-10-21(12-15)25(22,23)16-7-5-14(11-18)6-8-16/h4-9,15H,2-3,10,12H2,1H3/t15-/m0/s1. The molecule has 2 aromatic rings. The average molecular weight is 358 g/mol. The maximum atomic E-state index is 12.8. The summed E-state index contributed by atoms with van der Waals surface area (Å²) in [5.41, 5.74) is 1.22. The van der Waals surface area contributed by atoms with Crippen molar-refractivity contribution in [1.29, 1.82) is 5.26 Å². The second-order valence-electron chi connectivity index (χ2n) is 5.89. The number of benzene rings is 1. The minimum atomic E-state index is -3.61. The van der Waals surface area contributed by atoms with E-state index >= 15 is 0 Å². The van der Waals surface area contributed by atoms with Gasteiger partial charge in [-0.2, -0.15) is 14.7 Å². The largest absolute Gasteiger partial charge is 0.472 e. The van der Waals surface area contributed by atoms with Gasteiger partial charge in [-0.15, -0.1) is 5.10 Å². The van der Waals surface area contributed by atoms with E-state index in [0.29, 0.717) is 24.4 Å². The van der Waals surface area contributed by atoms with Crippen molar-refractivity contribution < 1.29 is 13.2 Å². The predicted molar refractivity (Wildman–Crippen MR) is 90.3 cm³/mol. The van der Waals surface area contributed by atoms with Crippen LogP contribution in [0.1, 0.15) is 24.1 Å². The lowest BCUT2D eigenvalue weighted by Gasteiger charge is -2.31. The number of aromatic nitrogens is 2. The van der Waals surface area contributed by atoms with Crippen LogP contribution >= 0.6 is 0 Å². The smallest absolute Gasteiger partial charge is 0.243 e. The quantitative estimate of drug-likeness (QED) is 0.828. The molecule has 2 heterocycles. The first-order chi connectivity index (χ1) is 12.0. The van der Waals surface area contributed by atoms with E-state index in [1.165, 1.54) is 28.6 Å². The van der Waals surface area contributed by atoms with Crippen molar-refractivity contribution in [2.24, 2.45) is 0 Å². The number of hydrogen-bond donors (Lipinski definition) is 0. The fourth-order valence-electron chi connectivity index (χ4n) is 2.69. The number of sulfonamides is 1. The summed E-state index contributed by atoms with van der Waals surface area (Å²) in [7, 11) is -3.61. The third kappa shape index (κ3) is 3.95. The van der Waals surface area contributed by atoms with Crippen molar-refractivity contribution >= 4 is 10.0 Å². The molecule has 130 valence electrons. The maximum absolute atomic E-state index is 12.8. The molecule has 1 aliphatic rings. The molecule has 0 aliphatic carbocycles. The highest BCUT2D eigenvalue weighted by Gasteiger charge is 2.31. The lowest BCUT2D eigenvalue weighted by Crippen LogP contribution is -2.44. The number of hydrogen-bond acceptors (Lipinski definition) is 6. The summed E-state index contributed by atoms with van der Waals surface area (Å²) in [6.07, 6.45) is 1.20. The van der Waals surface area contributed by atoms with E-state index in [1.54, 1.807) is 12.1 Å². The first-order valence-electron chi connectivity index (χ1n) is 7.96. The van der Waals surface area contributed by atoms with Gasteiger partial charge in [0.15, 0.2) is 0 Å². The van der Waals surface area contributed by atoms with Crippen LogP contribution in [0.3, 0.4) is 0 Å². The van der Waals surface area contributed by atoms with Crippen molar-refractivity contribution in [2.75, 3.05) is 13.1 Å². The zero-order valence-electron chi connectivity index (χ0n) is 13.8. The molecule has 25 heavy (non-hydrogen) atoms. The third-order valence-corrected chi connectivity index (χ3v) is 5.90. The second-order valence-corrected chi connectivity index (χ2v) is 7.83. The van der Waals surface area contributed by atoms with Crippen LogP contribution < -0.4 is 4.74 Å². The molecule has 1 aromatic carbocycles. The Labute approximate surface area is 146 Å². The molecule has 0 spiro atoms. The molecule has 1 aliphatic heterocycles. The summed E-state index contributed by atoms with van der Waals surface area (Å²) in [4.78, 5) is 0.183. The molecule has 0 radical (unpaired) electrons. The Morgan fingerprint density at radius 3 is 2.60 bits per heavy atom. The zero-order valence-corrected chi connectivity index (χ0v) is 14.6. The fourth-order valence-corrected chi connectivity index (χ4v) is 4.20. The molecule has 0 amide bonds. The van der Waals surface area contributed by atoms with Gasteiger partial charge < -0.3 is 4.74 Å². The number of nitrogens with zero attached hydrogens (tertiary/aromatic N) is 4. The lowest BCUT2D eigenvalue weighted by atomic mass is 10.1. The monoisotopic (exact) mass is 358 g/mol. The van der Waals surface area contributed by atoms with Crippen LogP contribution in [0.4, 0.5) is 0 Å². The molecular weight excluding hydrogens is 340 g/mol.